The molecule has 0 saturated carbocycles. The van der Waals surface area contributed by atoms with E-state index in [4.69, 9.17) is 17.3 Å². The van der Waals surface area contributed by atoms with Gasteiger partial charge in [0.05, 0.1) is 11.2 Å². The van der Waals surface area contributed by atoms with Crippen LogP contribution in [0.5, 0.6) is 0 Å². The number of pyridine rings is 1. The average Bonchev–Trinajstić information content (AvgIpc) is 2.06. The molecule has 70 valence electrons. The monoisotopic (exact) mass is 196 g/mol. The third-order valence-corrected chi connectivity index (χ3v) is 2.84. The van der Waals surface area contributed by atoms with E-state index in [1.54, 1.807) is 0 Å². The van der Waals surface area contributed by atoms with Gasteiger partial charge in [0.15, 0.2) is 0 Å². The molecule has 2 rings (SSSR count). The first-order chi connectivity index (χ1) is 6.09. The standard InChI is InChI=1S/C10H13ClN2/c1-10(12)6-2-3-7-4-5-8(11)13-9(7)10/h4-5H,2-3,6,12H2,1H3/t10-/m1/s1. The third kappa shape index (κ3) is 1.56. The second-order valence-electron chi connectivity index (χ2n) is 3.91. The molecule has 0 saturated heterocycles. The van der Waals surface area contributed by atoms with Gasteiger partial charge >= 0.3 is 0 Å². The summed E-state index contributed by atoms with van der Waals surface area (Å²) in [5.74, 6) is 0. The zero-order valence-corrected chi connectivity index (χ0v) is 8.43. The van der Waals surface area contributed by atoms with Crippen LogP contribution in [0.1, 0.15) is 31.0 Å². The summed E-state index contributed by atoms with van der Waals surface area (Å²) in [5, 5.41) is 0.539. The maximum atomic E-state index is 6.14. The van der Waals surface area contributed by atoms with Crippen LogP contribution < -0.4 is 5.73 Å². The van der Waals surface area contributed by atoms with Crippen molar-refractivity contribution in [1.29, 1.82) is 0 Å². The molecule has 1 aliphatic carbocycles. The second kappa shape index (κ2) is 2.96. The fraction of sp³-hybridized carbons (Fsp3) is 0.500. The lowest BCUT2D eigenvalue weighted by Crippen LogP contribution is -2.37. The maximum Gasteiger partial charge on any atom is 0.129 e. The van der Waals surface area contributed by atoms with Crippen LogP contribution in [0.15, 0.2) is 12.1 Å². The van der Waals surface area contributed by atoms with Gasteiger partial charge in [-0.15, -0.1) is 0 Å². The van der Waals surface area contributed by atoms with Gasteiger partial charge in [-0.2, -0.15) is 0 Å². The van der Waals surface area contributed by atoms with Gasteiger partial charge in [0.1, 0.15) is 5.15 Å². The molecule has 2 N–H and O–H groups in total. The predicted molar refractivity (Wildman–Crippen MR) is 53.7 cm³/mol. The van der Waals surface area contributed by atoms with Crippen LogP contribution in [0.3, 0.4) is 0 Å². The molecule has 0 spiro atoms. The fourth-order valence-electron chi connectivity index (χ4n) is 1.92. The Hall–Kier alpha value is -0.600. The lowest BCUT2D eigenvalue weighted by molar-refractivity contribution is 0.396. The smallest absolute Gasteiger partial charge is 0.129 e. The van der Waals surface area contributed by atoms with Crippen LogP contribution in [0.25, 0.3) is 0 Å². The van der Waals surface area contributed by atoms with E-state index in [0.717, 1.165) is 25.0 Å². The SMILES string of the molecule is C[C@@]1(N)CCCc2ccc(Cl)nc21. The Labute approximate surface area is 83.1 Å². The molecule has 1 aromatic rings. The van der Waals surface area contributed by atoms with Crippen molar-refractivity contribution in [1.82, 2.24) is 4.98 Å². The molecule has 1 heterocycles. The summed E-state index contributed by atoms with van der Waals surface area (Å²) in [6.45, 7) is 2.02. The summed E-state index contributed by atoms with van der Waals surface area (Å²) in [4.78, 5) is 4.31. The first-order valence-corrected chi connectivity index (χ1v) is 4.92. The summed E-state index contributed by atoms with van der Waals surface area (Å²) in [7, 11) is 0. The highest BCUT2D eigenvalue weighted by Gasteiger charge is 2.29. The van der Waals surface area contributed by atoms with Crippen molar-refractivity contribution in [2.75, 3.05) is 0 Å². The van der Waals surface area contributed by atoms with E-state index in [1.807, 2.05) is 19.1 Å². The van der Waals surface area contributed by atoms with Crippen molar-refractivity contribution < 1.29 is 0 Å². The molecule has 13 heavy (non-hydrogen) atoms. The van der Waals surface area contributed by atoms with E-state index >= 15 is 0 Å². The number of halogens is 1. The summed E-state index contributed by atoms with van der Waals surface area (Å²) in [5.41, 5.74) is 8.07. The molecule has 1 aromatic heterocycles. The van der Waals surface area contributed by atoms with E-state index in [0.29, 0.717) is 5.15 Å². The Balaban J connectivity index is 2.55. The zero-order valence-electron chi connectivity index (χ0n) is 7.68. The van der Waals surface area contributed by atoms with Crippen molar-refractivity contribution in [3.63, 3.8) is 0 Å². The van der Waals surface area contributed by atoms with Crippen molar-refractivity contribution >= 4 is 11.6 Å². The van der Waals surface area contributed by atoms with Crippen LogP contribution in [0.4, 0.5) is 0 Å². The minimum atomic E-state index is -0.293. The molecule has 0 radical (unpaired) electrons. The Morgan fingerprint density at radius 2 is 2.31 bits per heavy atom. The molecule has 1 atom stereocenters. The van der Waals surface area contributed by atoms with Gasteiger partial charge in [0.2, 0.25) is 0 Å². The molecule has 1 aliphatic rings. The van der Waals surface area contributed by atoms with Crippen molar-refractivity contribution in [2.24, 2.45) is 5.73 Å². The van der Waals surface area contributed by atoms with Crippen molar-refractivity contribution in [3.05, 3.63) is 28.5 Å². The largest absolute Gasteiger partial charge is 0.320 e. The van der Waals surface area contributed by atoms with Crippen LogP contribution in [0, 0.1) is 0 Å². The summed E-state index contributed by atoms with van der Waals surface area (Å²) in [6, 6.07) is 3.87. The number of rotatable bonds is 0. The molecule has 0 amide bonds. The number of hydrogen-bond donors (Lipinski definition) is 1. The molecule has 0 aromatic carbocycles. The molecular formula is C10H13ClN2. The van der Waals surface area contributed by atoms with Crippen LogP contribution in [0.2, 0.25) is 5.15 Å². The van der Waals surface area contributed by atoms with Gasteiger partial charge < -0.3 is 5.73 Å². The number of aryl methyl sites for hydroxylation is 1. The fourth-order valence-corrected chi connectivity index (χ4v) is 2.07. The van der Waals surface area contributed by atoms with E-state index < -0.39 is 0 Å². The molecule has 0 aliphatic heterocycles. The van der Waals surface area contributed by atoms with Gasteiger partial charge in [-0.25, -0.2) is 4.98 Å². The zero-order chi connectivity index (χ0) is 9.47. The van der Waals surface area contributed by atoms with Gasteiger partial charge in [-0.05, 0) is 37.8 Å². The lowest BCUT2D eigenvalue weighted by atomic mass is 9.82. The number of fused-ring (bicyclic) bond motifs is 1. The van der Waals surface area contributed by atoms with Crippen LogP contribution in [-0.2, 0) is 12.0 Å². The van der Waals surface area contributed by atoms with E-state index in [1.165, 1.54) is 5.56 Å². The van der Waals surface area contributed by atoms with E-state index in [-0.39, 0.29) is 5.54 Å². The topological polar surface area (TPSA) is 38.9 Å². The van der Waals surface area contributed by atoms with Crippen LogP contribution in [-0.4, -0.2) is 4.98 Å². The molecule has 0 unspecified atom stereocenters. The first kappa shape index (κ1) is 8.97. The third-order valence-electron chi connectivity index (χ3n) is 2.63. The summed E-state index contributed by atoms with van der Waals surface area (Å²) >= 11 is 5.84. The summed E-state index contributed by atoms with van der Waals surface area (Å²) < 4.78 is 0. The Bertz CT molecular complexity index is 334. The molecule has 0 bridgehead atoms. The van der Waals surface area contributed by atoms with Gasteiger partial charge in [-0.3, -0.25) is 0 Å². The molecule has 2 nitrogen and oxygen atoms in total. The quantitative estimate of drug-likeness (QED) is 0.647. The number of aromatic nitrogens is 1. The van der Waals surface area contributed by atoms with E-state index in [9.17, 15) is 0 Å². The highest BCUT2D eigenvalue weighted by atomic mass is 35.5. The number of nitrogens with two attached hydrogens (primary N) is 1. The Kier molecular flexibility index (Phi) is 2.05. The van der Waals surface area contributed by atoms with E-state index in [2.05, 4.69) is 4.98 Å². The minimum Gasteiger partial charge on any atom is -0.320 e. The van der Waals surface area contributed by atoms with Gasteiger partial charge in [0, 0.05) is 0 Å². The first-order valence-electron chi connectivity index (χ1n) is 4.54. The lowest BCUT2D eigenvalue weighted by Gasteiger charge is -2.30. The number of hydrogen-bond acceptors (Lipinski definition) is 2. The average molecular weight is 197 g/mol. The molecular weight excluding hydrogens is 184 g/mol. The molecule has 0 fully saturated rings. The Morgan fingerprint density at radius 3 is 3.08 bits per heavy atom. The Morgan fingerprint density at radius 1 is 1.54 bits per heavy atom. The summed E-state index contributed by atoms with van der Waals surface area (Å²) in [6.07, 6.45) is 3.21. The normalized spacial score (nSPS) is 27.0. The highest BCUT2D eigenvalue weighted by molar-refractivity contribution is 6.29. The van der Waals surface area contributed by atoms with Gasteiger partial charge in [0.25, 0.3) is 0 Å². The van der Waals surface area contributed by atoms with Crippen molar-refractivity contribution in [3.8, 4) is 0 Å². The minimum absolute atomic E-state index is 0.293. The van der Waals surface area contributed by atoms with Crippen LogP contribution >= 0.6 is 11.6 Å². The predicted octanol–water partition coefficient (Wildman–Crippen LogP) is 2.25. The van der Waals surface area contributed by atoms with Gasteiger partial charge in [-0.1, -0.05) is 17.7 Å². The second-order valence-corrected chi connectivity index (χ2v) is 4.30. The maximum absolute atomic E-state index is 6.14. The van der Waals surface area contributed by atoms with Crippen molar-refractivity contribution in [2.45, 2.75) is 31.7 Å². The highest BCUT2D eigenvalue weighted by Crippen LogP contribution is 2.32. The molecule has 3 heteroatoms. The number of nitrogens with zero attached hydrogens (tertiary/aromatic N) is 1.